The highest BCUT2D eigenvalue weighted by molar-refractivity contribution is 5.92. The van der Waals surface area contributed by atoms with Gasteiger partial charge in [0.1, 0.15) is 24.4 Å². The maximum absolute atomic E-state index is 12.3. The molecule has 0 aromatic heterocycles. The fraction of sp³-hybridized carbons (Fsp3) is 0.235. The highest BCUT2D eigenvalue weighted by Crippen LogP contribution is 2.46. The van der Waals surface area contributed by atoms with Crippen molar-refractivity contribution in [2.75, 3.05) is 0 Å². The lowest BCUT2D eigenvalue weighted by atomic mass is 10.0. The van der Waals surface area contributed by atoms with Crippen LogP contribution in [0, 0.1) is 0 Å². The maximum atomic E-state index is 12.3. The van der Waals surface area contributed by atoms with E-state index in [1.165, 1.54) is 0 Å². The zero-order valence-electron chi connectivity index (χ0n) is 10.8. The van der Waals surface area contributed by atoms with E-state index in [0.717, 1.165) is 11.1 Å². The standard InChI is InChI=1S/C17H14O3/c18-13(16-14(19-16)11-7-3-1-4-8-11)17-15(20-17)12-9-5-2-6-10-12/h1-10,14-17H/t14-,15-,16-,17+/m0/s1. The van der Waals surface area contributed by atoms with E-state index in [9.17, 15) is 4.79 Å². The first-order valence-electron chi connectivity index (χ1n) is 6.79. The second kappa shape index (κ2) is 4.54. The molecule has 4 atom stereocenters. The molecule has 3 nitrogen and oxygen atoms in total. The van der Waals surface area contributed by atoms with E-state index in [1.54, 1.807) is 0 Å². The number of rotatable bonds is 4. The SMILES string of the molecule is O=C([C@H]1O[C@H]1c1ccccc1)[C@@H]1O[C@H]1c1ccccc1. The van der Waals surface area contributed by atoms with E-state index in [4.69, 9.17) is 9.47 Å². The zero-order valence-corrected chi connectivity index (χ0v) is 10.8. The van der Waals surface area contributed by atoms with Crippen LogP contribution in [0.2, 0.25) is 0 Å². The van der Waals surface area contributed by atoms with E-state index >= 15 is 0 Å². The Morgan fingerprint density at radius 2 is 1.10 bits per heavy atom. The summed E-state index contributed by atoms with van der Waals surface area (Å²) >= 11 is 0. The lowest BCUT2D eigenvalue weighted by Gasteiger charge is -1.95. The molecular formula is C17H14O3. The summed E-state index contributed by atoms with van der Waals surface area (Å²) in [6.45, 7) is 0. The van der Waals surface area contributed by atoms with Crippen molar-refractivity contribution in [1.29, 1.82) is 0 Å². The van der Waals surface area contributed by atoms with Crippen LogP contribution in [-0.4, -0.2) is 18.0 Å². The molecule has 0 spiro atoms. The van der Waals surface area contributed by atoms with Gasteiger partial charge in [-0.25, -0.2) is 0 Å². The number of epoxide rings is 2. The summed E-state index contributed by atoms with van der Waals surface area (Å²) in [5.41, 5.74) is 2.12. The normalized spacial score (nSPS) is 30.8. The largest absolute Gasteiger partial charge is 0.356 e. The third kappa shape index (κ3) is 2.05. The molecule has 2 aliphatic rings. The van der Waals surface area contributed by atoms with Crippen LogP contribution in [0.3, 0.4) is 0 Å². The van der Waals surface area contributed by atoms with Gasteiger partial charge in [-0.3, -0.25) is 4.79 Å². The number of Topliss-reactive ketones (excluding diaryl/α,β-unsaturated/α-hetero) is 1. The Hall–Kier alpha value is -1.97. The van der Waals surface area contributed by atoms with Gasteiger partial charge in [0.25, 0.3) is 0 Å². The Bertz CT molecular complexity index is 568. The van der Waals surface area contributed by atoms with Gasteiger partial charge in [-0.15, -0.1) is 0 Å². The first kappa shape index (κ1) is 11.8. The second-order valence-corrected chi connectivity index (χ2v) is 5.18. The van der Waals surface area contributed by atoms with Gasteiger partial charge < -0.3 is 9.47 Å². The van der Waals surface area contributed by atoms with E-state index in [-0.39, 0.29) is 30.2 Å². The summed E-state index contributed by atoms with van der Waals surface area (Å²) in [6.07, 6.45) is -0.860. The summed E-state index contributed by atoms with van der Waals surface area (Å²) in [6, 6.07) is 19.7. The molecule has 0 radical (unpaired) electrons. The van der Waals surface area contributed by atoms with Crippen molar-refractivity contribution in [3.05, 3.63) is 71.8 Å². The van der Waals surface area contributed by atoms with Gasteiger partial charge in [0, 0.05) is 0 Å². The van der Waals surface area contributed by atoms with Crippen LogP contribution in [-0.2, 0) is 14.3 Å². The second-order valence-electron chi connectivity index (χ2n) is 5.18. The molecule has 0 saturated carbocycles. The minimum absolute atomic E-state index is 0.0627. The van der Waals surface area contributed by atoms with Gasteiger partial charge in [0.05, 0.1) is 0 Å². The van der Waals surface area contributed by atoms with Crippen LogP contribution in [0.5, 0.6) is 0 Å². The van der Waals surface area contributed by atoms with Gasteiger partial charge in [-0.05, 0) is 11.1 Å². The molecule has 2 aliphatic heterocycles. The maximum Gasteiger partial charge on any atom is 0.196 e. The van der Waals surface area contributed by atoms with Gasteiger partial charge in [0.15, 0.2) is 5.78 Å². The summed E-state index contributed by atoms with van der Waals surface area (Å²) in [4.78, 5) is 12.3. The topological polar surface area (TPSA) is 42.1 Å². The highest BCUT2D eigenvalue weighted by Gasteiger charge is 2.56. The van der Waals surface area contributed by atoms with Crippen molar-refractivity contribution in [2.45, 2.75) is 24.4 Å². The third-order valence-corrected chi connectivity index (χ3v) is 3.80. The van der Waals surface area contributed by atoms with Crippen LogP contribution < -0.4 is 0 Å². The number of hydrogen-bond donors (Lipinski definition) is 0. The number of benzene rings is 2. The van der Waals surface area contributed by atoms with E-state index in [0.29, 0.717) is 0 Å². The molecular weight excluding hydrogens is 252 g/mol. The Morgan fingerprint density at radius 3 is 1.50 bits per heavy atom. The lowest BCUT2D eigenvalue weighted by molar-refractivity contribution is -0.121. The highest BCUT2D eigenvalue weighted by atomic mass is 16.6. The van der Waals surface area contributed by atoms with E-state index in [1.807, 2.05) is 60.7 Å². The van der Waals surface area contributed by atoms with E-state index < -0.39 is 0 Å². The average molecular weight is 266 g/mol. The van der Waals surface area contributed by atoms with Crippen LogP contribution in [0.1, 0.15) is 23.3 Å². The molecule has 2 aromatic carbocycles. The Kier molecular flexibility index (Phi) is 2.69. The molecule has 3 heteroatoms. The molecule has 20 heavy (non-hydrogen) atoms. The molecule has 0 bridgehead atoms. The lowest BCUT2D eigenvalue weighted by Crippen LogP contribution is -2.15. The van der Waals surface area contributed by atoms with E-state index in [2.05, 4.69) is 0 Å². The fourth-order valence-corrected chi connectivity index (χ4v) is 2.61. The summed E-state index contributed by atoms with van der Waals surface area (Å²) in [5.74, 6) is 0.0627. The van der Waals surface area contributed by atoms with Crippen molar-refractivity contribution in [3.8, 4) is 0 Å². The van der Waals surface area contributed by atoms with Gasteiger partial charge in [-0.1, -0.05) is 60.7 Å². The minimum Gasteiger partial charge on any atom is -0.356 e. The molecule has 0 amide bonds. The third-order valence-electron chi connectivity index (χ3n) is 3.80. The predicted molar refractivity (Wildman–Crippen MR) is 73.1 cm³/mol. The van der Waals surface area contributed by atoms with Gasteiger partial charge >= 0.3 is 0 Å². The average Bonchev–Trinajstić information content (AvgIpc) is 3.40. The van der Waals surface area contributed by atoms with Crippen molar-refractivity contribution < 1.29 is 14.3 Å². The quantitative estimate of drug-likeness (QED) is 0.799. The first-order valence-corrected chi connectivity index (χ1v) is 6.79. The van der Waals surface area contributed by atoms with Crippen LogP contribution in [0.15, 0.2) is 60.7 Å². The van der Waals surface area contributed by atoms with Crippen molar-refractivity contribution >= 4 is 5.78 Å². The zero-order chi connectivity index (χ0) is 13.5. The predicted octanol–water partition coefficient (Wildman–Crippen LogP) is 2.84. The number of carbonyl (C=O) groups excluding carboxylic acids is 1. The van der Waals surface area contributed by atoms with Crippen molar-refractivity contribution in [1.82, 2.24) is 0 Å². The Balaban J connectivity index is 1.42. The van der Waals surface area contributed by atoms with Gasteiger partial charge in [0.2, 0.25) is 0 Å². The minimum atomic E-state index is -0.337. The molecule has 0 aliphatic carbocycles. The molecule has 100 valence electrons. The van der Waals surface area contributed by atoms with Crippen LogP contribution in [0.25, 0.3) is 0 Å². The van der Waals surface area contributed by atoms with Crippen molar-refractivity contribution in [2.24, 2.45) is 0 Å². The monoisotopic (exact) mass is 266 g/mol. The molecule has 0 N–H and O–H groups in total. The molecule has 4 rings (SSSR count). The number of carbonyl (C=O) groups is 1. The summed E-state index contributed by atoms with van der Waals surface area (Å²) in [5, 5.41) is 0. The molecule has 2 heterocycles. The fourth-order valence-electron chi connectivity index (χ4n) is 2.61. The summed E-state index contributed by atoms with van der Waals surface area (Å²) < 4.78 is 11.0. The summed E-state index contributed by atoms with van der Waals surface area (Å²) in [7, 11) is 0. The Labute approximate surface area is 117 Å². The van der Waals surface area contributed by atoms with Crippen LogP contribution >= 0.6 is 0 Å². The number of ketones is 1. The molecule has 0 unspecified atom stereocenters. The number of hydrogen-bond acceptors (Lipinski definition) is 3. The molecule has 2 aromatic rings. The Morgan fingerprint density at radius 1 is 0.700 bits per heavy atom. The van der Waals surface area contributed by atoms with Gasteiger partial charge in [-0.2, -0.15) is 0 Å². The first-order chi connectivity index (χ1) is 9.84. The number of ether oxygens (including phenoxy) is 2. The smallest absolute Gasteiger partial charge is 0.196 e. The van der Waals surface area contributed by atoms with Crippen LogP contribution in [0.4, 0.5) is 0 Å². The molecule has 2 saturated heterocycles. The van der Waals surface area contributed by atoms with Crippen molar-refractivity contribution in [3.63, 3.8) is 0 Å². The molecule has 2 fully saturated rings.